The van der Waals surface area contributed by atoms with E-state index in [0.29, 0.717) is 0 Å². The van der Waals surface area contributed by atoms with Gasteiger partial charge in [-0.2, -0.15) is 0 Å². The Kier molecular flexibility index (Phi) is 5.71. The van der Waals surface area contributed by atoms with Crippen molar-refractivity contribution in [2.24, 2.45) is 0 Å². The first-order valence-corrected chi connectivity index (χ1v) is 5.48. The summed E-state index contributed by atoms with van der Waals surface area (Å²) in [6, 6.07) is 0. The van der Waals surface area contributed by atoms with Crippen molar-refractivity contribution in [2.75, 3.05) is 6.61 Å². The first-order chi connectivity index (χ1) is 6.72. The van der Waals surface area contributed by atoms with E-state index in [4.69, 9.17) is 9.79 Å². The van der Waals surface area contributed by atoms with Crippen molar-refractivity contribution < 1.29 is 33.4 Å². The van der Waals surface area contributed by atoms with E-state index in [1.807, 2.05) is 0 Å². The summed E-state index contributed by atoms with van der Waals surface area (Å²) in [6.07, 6.45) is -0.791. The lowest BCUT2D eigenvalue weighted by atomic mass is 10.3. The predicted octanol–water partition coefficient (Wildman–Crippen LogP) is 0.535. The Bertz CT molecular complexity index is 281. The molecule has 7 nitrogen and oxygen atoms in total. The lowest BCUT2D eigenvalue weighted by molar-refractivity contribution is -0.260. The molecule has 0 saturated heterocycles. The number of rotatable bonds is 6. The highest BCUT2D eigenvalue weighted by Gasteiger charge is 2.18. The molecule has 0 aliphatic carbocycles. The normalized spacial score (nSPS) is 13.3. The SMILES string of the molecule is C=C(C)C(=O)OCC(C)OOP(=O)(O)O. The monoisotopic (exact) mass is 240 g/mol. The third-order valence-corrected chi connectivity index (χ3v) is 1.38. The molecule has 0 aliphatic rings. The molecule has 88 valence electrons. The summed E-state index contributed by atoms with van der Waals surface area (Å²) in [6.45, 7) is 6.05. The zero-order chi connectivity index (χ0) is 12.1. The van der Waals surface area contributed by atoms with Crippen molar-refractivity contribution in [3.8, 4) is 0 Å². The van der Waals surface area contributed by atoms with Crippen LogP contribution in [0.15, 0.2) is 12.2 Å². The van der Waals surface area contributed by atoms with Crippen molar-refractivity contribution in [1.29, 1.82) is 0 Å². The quantitative estimate of drug-likeness (QED) is 0.229. The van der Waals surface area contributed by atoms with Gasteiger partial charge in [-0.15, -0.1) is 4.67 Å². The van der Waals surface area contributed by atoms with Crippen molar-refractivity contribution in [3.63, 3.8) is 0 Å². The molecule has 15 heavy (non-hydrogen) atoms. The Labute approximate surface area is 86.8 Å². The van der Waals surface area contributed by atoms with Crippen LogP contribution < -0.4 is 0 Å². The molecule has 0 spiro atoms. The second kappa shape index (κ2) is 5.99. The van der Waals surface area contributed by atoms with Crippen LogP contribution in [0.2, 0.25) is 0 Å². The average Bonchev–Trinajstić information content (AvgIpc) is 2.09. The van der Waals surface area contributed by atoms with Gasteiger partial charge in [0, 0.05) is 5.57 Å². The Morgan fingerprint density at radius 2 is 2.07 bits per heavy atom. The zero-order valence-corrected chi connectivity index (χ0v) is 9.27. The van der Waals surface area contributed by atoms with Crippen LogP contribution in [-0.4, -0.2) is 28.5 Å². The number of carbonyl (C=O) groups is 1. The lowest BCUT2D eigenvalue weighted by Crippen LogP contribution is -2.19. The fourth-order valence-corrected chi connectivity index (χ4v) is 0.733. The molecule has 0 radical (unpaired) electrons. The maximum Gasteiger partial charge on any atom is 0.496 e. The number of esters is 1. The van der Waals surface area contributed by atoms with Crippen LogP contribution in [0.1, 0.15) is 13.8 Å². The molecular weight excluding hydrogens is 227 g/mol. The fraction of sp³-hybridized carbons (Fsp3) is 0.571. The van der Waals surface area contributed by atoms with E-state index < -0.39 is 19.9 Å². The van der Waals surface area contributed by atoms with E-state index in [-0.39, 0.29) is 12.2 Å². The summed E-state index contributed by atoms with van der Waals surface area (Å²) in [5.74, 6) is -0.610. The number of ether oxygens (including phenoxy) is 1. The van der Waals surface area contributed by atoms with Crippen LogP contribution in [0.4, 0.5) is 0 Å². The summed E-state index contributed by atoms with van der Waals surface area (Å²) in [4.78, 5) is 31.7. The van der Waals surface area contributed by atoms with E-state index in [0.717, 1.165) is 0 Å². The topological polar surface area (TPSA) is 102 Å². The number of phosphoric acid groups is 1. The molecule has 0 rings (SSSR count). The Morgan fingerprint density at radius 1 is 1.53 bits per heavy atom. The Balaban J connectivity index is 3.76. The lowest BCUT2D eigenvalue weighted by Gasteiger charge is -2.12. The van der Waals surface area contributed by atoms with E-state index in [9.17, 15) is 9.36 Å². The molecule has 1 atom stereocenters. The zero-order valence-electron chi connectivity index (χ0n) is 8.37. The van der Waals surface area contributed by atoms with E-state index in [1.165, 1.54) is 13.8 Å². The summed E-state index contributed by atoms with van der Waals surface area (Å²) in [7, 11) is -4.67. The van der Waals surface area contributed by atoms with Crippen molar-refractivity contribution in [3.05, 3.63) is 12.2 Å². The molecule has 0 fully saturated rings. The molecule has 0 amide bonds. The third-order valence-electron chi connectivity index (χ3n) is 1.10. The predicted molar refractivity (Wildman–Crippen MR) is 49.4 cm³/mol. The summed E-state index contributed by atoms with van der Waals surface area (Å²) < 4.78 is 18.6. The average molecular weight is 240 g/mol. The highest BCUT2D eigenvalue weighted by molar-refractivity contribution is 7.46. The molecule has 0 saturated carbocycles. The van der Waals surface area contributed by atoms with Crippen molar-refractivity contribution in [1.82, 2.24) is 0 Å². The van der Waals surface area contributed by atoms with Gasteiger partial charge in [0.2, 0.25) is 0 Å². The van der Waals surface area contributed by atoms with Gasteiger partial charge in [0.1, 0.15) is 12.7 Å². The van der Waals surface area contributed by atoms with Crippen LogP contribution in [0, 0.1) is 0 Å². The standard InChI is InChI=1S/C7H13O7P/c1-5(2)7(8)12-4-6(3)13-14-15(9,10)11/h6H,1,4H2,2-3H3,(H2,9,10,11). The molecule has 0 aromatic heterocycles. The molecule has 2 N–H and O–H groups in total. The van der Waals surface area contributed by atoms with Crippen LogP contribution in [-0.2, 0) is 23.7 Å². The number of hydrogen-bond acceptors (Lipinski definition) is 5. The van der Waals surface area contributed by atoms with Gasteiger partial charge >= 0.3 is 13.8 Å². The smallest absolute Gasteiger partial charge is 0.459 e. The van der Waals surface area contributed by atoms with Gasteiger partial charge in [-0.3, -0.25) is 0 Å². The van der Waals surface area contributed by atoms with Gasteiger partial charge in [-0.1, -0.05) is 6.58 Å². The van der Waals surface area contributed by atoms with Gasteiger partial charge in [0.25, 0.3) is 0 Å². The Hall–Kier alpha value is -0.720. The van der Waals surface area contributed by atoms with E-state index >= 15 is 0 Å². The Morgan fingerprint density at radius 3 is 2.47 bits per heavy atom. The number of carbonyl (C=O) groups excluding carboxylic acids is 1. The molecule has 0 aliphatic heterocycles. The minimum absolute atomic E-state index is 0.189. The van der Waals surface area contributed by atoms with Gasteiger partial charge in [0.15, 0.2) is 0 Å². The highest BCUT2D eigenvalue weighted by atomic mass is 31.2. The highest BCUT2D eigenvalue weighted by Crippen LogP contribution is 2.36. The minimum atomic E-state index is -4.67. The van der Waals surface area contributed by atoms with E-state index in [2.05, 4.69) is 20.9 Å². The third kappa shape index (κ3) is 8.29. The van der Waals surface area contributed by atoms with Gasteiger partial charge in [-0.05, 0) is 13.8 Å². The molecule has 0 aromatic rings. The maximum atomic E-state index is 10.9. The second-order valence-corrected chi connectivity index (χ2v) is 3.98. The van der Waals surface area contributed by atoms with Gasteiger partial charge < -0.3 is 14.5 Å². The van der Waals surface area contributed by atoms with Crippen LogP contribution in [0.25, 0.3) is 0 Å². The van der Waals surface area contributed by atoms with Gasteiger partial charge in [0.05, 0.1) is 0 Å². The van der Waals surface area contributed by atoms with Crippen LogP contribution in [0.3, 0.4) is 0 Å². The summed E-state index contributed by atoms with van der Waals surface area (Å²) >= 11 is 0. The molecule has 0 bridgehead atoms. The van der Waals surface area contributed by atoms with Crippen molar-refractivity contribution >= 4 is 13.8 Å². The first-order valence-electron chi connectivity index (χ1n) is 3.95. The summed E-state index contributed by atoms with van der Waals surface area (Å²) in [5.41, 5.74) is 0.220. The maximum absolute atomic E-state index is 10.9. The first kappa shape index (κ1) is 14.3. The van der Waals surface area contributed by atoms with Crippen molar-refractivity contribution in [2.45, 2.75) is 20.0 Å². The second-order valence-electron chi connectivity index (χ2n) is 2.85. The number of hydrogen-bond donors (Lipinski definition) is 2. The largest absolute Gasteiger partial charge is 0.496 e. The van der Waals surface area contributed by atoms with Crippen LogP contribution >= 0.6 is 7.82 Å². The minimum Gasteiger partial charge on any atom is -0.459 e. The fourth-order valence-electron chi connectivity index (χ4n) is 0.474. The molecule has 0 heterocycles. The molecule has 0 aromatic carbocycles. The summed E-state index contributed by atoms with van der Waals surface area (Å²) in [5, 5.41) is 0. The van der Waals surface area contributed by atoms with E-state index in [1.54, 1.807) is 0 Å². The van der Waals surface area contributed by atoms with Gasteiger partial charge in [-0.25, -0.2) is 14.2 Å². The van der Waals surface area contributed by atoms with Crippen LogP contribution in [0.5, 0.6) is 0 Å². The molecule has 8 heteroatoms. The molecule has 1 unspecified atom stereocenters. The molecular formula is C7H13O7P.